The van der Waals surface area contributed by atoms with Gasteiger partial charge in [-0.3, -0.25) is 0 Å². The lowest BCUT2D eigenvalue weighted by atomic mass is 9.88. The van der Waals surface area contributed by atoms with Gasteiger partial charge in [0.2, 0.25) is 0 Å². The third kappa shape index (κ3) is 7.80. The molecule has 2 heteroatoms. The molecule has 2 atom stereocenters. The minimum atomic E-state index is -1.44. The van der Waals surface area contributed by atoms with Crippen molar-refractivity contribution in [3.05, 3.63) is 0 Å². The molecule has 0 saturated heterocycles. The molecule has 0 rings (SSSR count). The van der Waals surface area contributed by atoms with Gasteiger partial charge in [0.15, 0.2) is 5.79 Å². The first kappa shape index (κ1) is 14.9. The third-order valence-electron chi connectivity index (χ3n) is 3.11. The first-order valence-electron chi connectivity index (χ1n) is 6.36. The van der Waals surface area contributed by atoms with Crippen molar-refractivity contribution in [3.63, 3.8) is 0 Å². The normalized spacial score (nSPS) is 16.4. The van der Waals surface area contributed by atoms with Crippen LogP contribution >= 0.6 is 0 Å². The van der Waals surface area contributed by atoms with E-state index in [0.29, 0.717) is 24.7 Å². The van der Waals surface area contributed by atoms with Crippen molar-refractivity contribution in [1.82, 2.24) is 0 Å². The van der Waals surface area contributed by atoms with Crippen LogP contribution in [0, 0.1) is 11.8 Å². The highest BCUT2D eigenvalue weighted by atomic mass is 16.5. The number of aliphatic hydroxyl groups is 2. The van der Waals surface area contributed by atoms with E-state index in [1.807, 2.05) is 0 Å². The average molecular weight is 216 g/mol. The zero-order valence-corrected chi connectivity index (χ0v) is 10.8. The Morgan fingerprint density at radius 2 is 1.67 bits per heavy atom. The molecule has 2 N–H and O–H groups in total. The molecule has 0 fully saturated rings. The van der Waals surface area contributed by atoms with Gasteiger partial charge in [0.1, 0.15) is 0 Å². The summed E-state index contributed by atoms with van der Waals surface area (Å²) in [6.45, 7) is 8.58. The fourth-order valence-electron chi connectivity index (χ4n) is 2.06. The van der Waals surface area contributed by atoms with Crippen LogP contribution in [-0.4, -0.2) is 16.0 Å². The van der Waals surface area contributed by atoms with Crippen LogP contribution in [0.1, 0.15) is 66.2 Å². The van der Waals surface area contributed by atoms with Crippen LogP contribution in [0.15, 0.2) is 0 Å². The molecule has 0 aromatic heterocycles. The number of rotatable bonds is 8. The van der Waals surface area contributed by atoms with Crippen LogP contribution in [0.2, 0.25) is 0 Å². The van der Waals surface area contributed by atoms with E-state index in [4.69, 9.17) is 0 Å². The molecule has 0 radical (unpaired) electrons. The van der Waals surface area contributed by atoms with Crippen LogP contribution in [0.5, 0.6) is 0 Å². The Bertz CT molecular complexity index is 155. The summed E-state index contributed by atoms with van der Waals surface area (Å²) in [6.07, 6.45) is 5.19. The smallest absolute Gasteiger partial charge is 0.162 e. The van der Waals surface area contributed by atoms with Gasteiger partial charge in [0.05, 0.1) is 0 Å². The van der Waals surface area contributed by atoms with Crippen molar-refractivity contribution in [2.75, 3.05) is 0 Å². The summed E-state index contributed by atoms with van der Waals surface area (Å²) in [4.78, 5) is 0. The van der Waals surface area contributed by atoms with E-state index in [0.717, 1.165) is 19.3 Å². The predicted octanol–water partition coefficient (Wildman–Crippen LogP) is 3.32. The molecule has 0 amide bonds. The predicted molar refractivity (Wildman–Crippen MR) is 64.5 cm³/mol. The Hall–Kier alpha value is -0.0800. The molecule has 0 spiro atoms. The lowest BCUT2D eigenvalue weighted by Crippen LogP contribution is -2.30. The van der Waals surface area contributed by atoms with E-state index in [1.54, 1.807) is 0 Å². The summed E-state index contributed by atoms with van der Waals surface area (Å²) < 4.78 is 0. The minimum Gasteiger partial charge on any atom is -0.366 e. The molecular formula is C13H28O2. The molecular weight excluding hydrogens is 188 g/mol. The van der Waals surface area contributed by atoms with E-state index in [-0.39, 0.29) is 0 Å². The zero-order valence-electron chi connectivity index (χ0n) is 10.8. The van der Waals surface area contributed by atoms with Gasteiger partial charge in [0.25, 0.3) is 0 Å². The fourth-order valence-corrected chi connectivity index (χ4v) is 2.06. The van der Waals surface area contributed by atoms with Crippen LogP contribution in [0.4, 0.5) is 0 Å². The van der Waals surface area contributed by atoms with Crippen LogP contribution < -0.4 is 0 Å². The lowest BCUT2D eigenvalue weighted by Gasteiger charge is -2.26. The molecule has 0 aliphatic rings. The maximum Gasteiger partial charge on any atom is 0.162 e. The lowest BCUT2D eigenvalue weighted by molar-refractivity contribution is -0.178. The van der Waals surface area contributed by atoms with Crippen molar-refractivity contribution in [1.29, 1.82) is 0 Å². The Morgan fingerprint density at radius 3 is 2.13 bits per heavy atom. The van der Waals surface area contributed by atoms with Gasteiger partial charge >= 0.3 is 0 Å². The third-order valence-corrected chi connectivity index (χ3v) is 3.11. The van der Waals surface area contributed by atoms with E-state index in [9.17, 15) is 10.2 Å². The first-order chi connectivity index (χ1) is 6.91. The molecule has 2 unspecified atom stereocenters. The Balaban J connectivity index is 3.86. The summed E-state index contributed by atoms with van der Waals surface area (Å²) in [5.74, 6) is -0.364. The second-order valence-corrected chi connectivity index (χ2v) is 5.14. The summed E-state index contributed by atoms with van der Waals surface area (Å²) in [5, 5.41) is 19.5. The molecule has 15 heavy (non-hydrogen) atoms. The molecule has 0 bridgehead atoms. The molecule has 0 aromatic carbocycles. The number of hydrogen-bond acceptors (Lipinski definition) is 2. The monoisotopic (exact) mass is 216 g/mol. The number of unbranched alkanes of at least 4 members (excludes halogenated alkanes) is 1. The molecule has 0 saturated carbocycles. The Morgan fingerprint density at radius 1 is 1.07 bits per heavy atom. The standard InChI is InChI=1S/C13H28O2/c1-5-7-8-13(14,15)10-12(4)9-11(3)6-2/h11-12,14-15H,5-10H2,1-4H3. The summed E-state index contributed by atoms with van der Waals surface area (Å²) in [6, 6.07) is 0. The minimum absolute atomic E-state index is 0.395. The van der Waals surface area contributed by atoms with Crippen molar-refractivity contribution in [2.45, 2.75) is 72.0 Å². The SMILES string of the molecule is CCCCC(O)(O)CC(C)CC(C)CC. The van der Waals surface area contributed by atoms with Gasteiger partial charge in [-0.05, 0) is 24.7 Å². The maximum atomic E-state index is 9.76. The summed E-state index contributed by atoms with van der Waals surface area (Å²) in [5.41, 5.74) is 0. The average Bonchev–Trinajstić information content (AvgIpc) is 2.13. The van der Waals surface area contributed by atoms with E-state index < -0.39 is 5.79 Å². The maximum absolute atomic E-state index is 9.76. The van der Waals surface area contributed by atoms with E-state index in [2.05, 4.69) is 27.7 Å². The second kappa shape index (κ2) is 7.24. The van der Waals surface area contributed by atoms with E-state index >= 15 is 0 Å². The van der Waals surface area contributed by atoms with Gasteiger partial charge < -0.3 is 10.2 Å². The van der Waals surface area contributed by atoms with Crippen molar-refractivity contribution in [2.24, 2.45) is 11.8 Å². The largest absolute Gasteiger partial charge is 0.366 e. The Kier molecular flexibility index (Phi) is 7.20. The summed E-state index contributed by atoms with van der Waals surface area (Å²) in [7, 11) is 0. The van der Waals surface area contributed by atoms with Crippen LogP contribution in [0.25, 0.3) is 0 Å². The topological polar surface area (TPSA) is 40.5 Å². The fraction of sp³-hybridized carbons (Fsp3) is 1.00. The second-order valence-electron chi connectivity index (χ2n) is 5.14. The summed E-state index contributed by atoms with van der Waals surface area (Å²) >= 11 is 0. The molecule has 2 nitrogen and oxygen atoms in total. The number of hydrogen-bond donors (Lipinski definition) is 2. The highest BCUT2D eigenvalue weighted by Crippen LogP contribution is 2.25. The van der Waals surface area contributed by atoms with Gasteiger partial charge in [-0.25, -0.2) is 0 Å². The van der Waals surface area contributed by atoms with Gasteiger partial charge in [-0.2, -0.15) is 0 Å². The molecule has 0 heterocycles. The van der Waals surface area contributed by atoms with Crippen molar-refractivity contribution >= 4 is 0 Å². The zero-order chi connectivity index (χ0) is 11.9. The Labute approximate surface area is 94.7 Å². The van der Waals surface area contributed by atoms with Gasteiger partial charge in [-0.1, -0.05) is 40.5 Å². The molecule has 0 aliphatic carbocycles. The van der Waals surface area contributed by atoms with Crippen LogP contribution in [-0.2, 0) is 0 Å². The van der Waals surface area contributed by atoms with E-state index in [1.165, 1.54) is 6.42 Å². The first-order valence-corrected chi connectivity index (χ1v) is 6.36. The van der Waals surface area contributed by atoms with Crippen LogP contribution in [0.3, 0.4) is 0 Å². The highest BCUT2D eigenvalue weighted by Gasteiger charge is 2.25. The quantitative estimate of drug-likeness (QED) is 0.611. The van der Waals surface area contributed by atoms with Crippen molar-refractivity contribution in [3.8, 4) is 0 Å². The van der Waals surface area contributed by atoms with Crippen molar-refractivity contribution < 1.29 is 10.2 Å². The molecule has 0 aliphatic heterocycles. The molecule has 0 aromatic rings. The van der Waals surface area contributed by atoms with Gasteiger partial charge in [-0.15, -0.1) is 0 Å². The highest BCUT2D eigenvalue weighted by molar-refractivity contribution is 4.70. The molecule has 92 valence electrons. The van der Waals surface area contributed by atoms with Gasteiger partial charge in [0, 0.05) is 12.8 Å².